The molecule has 3 aromatic rings. The van der Waals surface area contributed by atoms with E-state index in [4.69, 9.17) is 20.1 Å². The van der Waals surface area contributed by atoms with Crippen LogP contribution in [0.4, 0.5) is 5.82 Å². The van der Waals surface area contributed by atoms with Crippen LogP contribution in [0.5, 0.6) is 0 Å². The first-order valence-electron chi connectivity index (χ1n) is 13.7. The highest BCUT2D eigenvalue weighted by atomic mass is 15.3. The molecule has 4 heterocycles. The van der Waals surface area contributed by atoms with Crippen molar-refractivity contribution in [3.63, 3.8) is 0 Å². The summed E-state index contributed by atoms with van der Waals surface area (Å²) < 4.78 is 1.93. The fourth-order valence-electron chi connectivity index (χ4n) is 5.86. The van der Waals surface area contributed by atoms with Crippen molar-refractivity contribution in [2.75, 3.05) is 18.0 Å². The van der Waals surface area contributed by atoms with Crippen LogP contribution in [0.1, 0.15) is 87.5 Å². The molecule has 0 unspecified atom stereocenters. The van der Waals surface area contributed by atoms with Crippen LogP contribution < -0.4 is 4.90 Å². The molecule has 3 aromatic heterocycles. The lowest BCUT2D eigenvalue weighted by atomic mass is 9.83. The largest absolute Gasteiger partial charge is 0.356 e. The maximum absolute atomic E-state index is 5.08. The van der Waals surface area contributed by atoms with E-state index in [0.717, 1.165) is 71.8 Å². The van der Waals surface area contributed by atoms with Crippen LogP contribution in [0, 0.1) is 30.6 Å². The van der Waals surface area contributed by atoms with Crippen molar-refractivity contribution in [2.45, 2.75) is 84.5 Å². The molecule has 2 aliphatic carbocycles. The molecule has 182 valence electrons. The molecule has 6 nitrogen and oxygen atoms in total. The monoisotopic (exact) mass is 468 g/mol. The van der Waals surface area contributed by atoms with E-state index >= 15 is 0 Å². The van der Waals surface area contributed by atoms with Crippen molar-refractivity contribution in [3.05, 3.63) is 34.9 Å². The third kappa shape index (κ3) is 4.66. The van der Waals surface area contributed by atoms with Crippen LogP contribution in [0.2, 0.25) is 0 Å². The molecule has 0 bridgehead atoms. The second-order valence-corrected chi connectivity index (χ2v) is 10.8. The summed E-state index contributed by atoms with van der Waals surface area (Å²) in [6, 6.07) is 4.22. The minimum atomic E-state index is 0.484. The second kappa shape index (κ2) is 9.60. The molecule has 0 aromatic carbocycles. The maximum atomic E-state index is 5.08. The number of hydrogen-bond donors (Lipinski definition) is 0. The fraction of sp³-hybridized carbons (Fsp3) is 0.586. The molecule has 1 aliphatic heterocycles. The first-order valence-corrected chi connectivity index (χ1v) is 13.7. The molecule has 1 saturated heterocycles. The normalized spacial score (nSPS) is 22.5. The van der Waals surface area contributed by atoms with Crippen LogP contribution in [0.3, 0.4) is 0 Å². The average molecular weight is 469 g/mol. The Hall–Kier alpha value is -2.94. The quantitative estimate of drug-likeness (QED) is 0.365. The Balaban J connectivity index is 1.42. The lowest BCUT2D eigenvalue weighted by molar-refractivity contribution is 0.337. The zero-order chi connectivity index (χ0) is 23.8. The highest BCUT2D eigenvalue weighted by molar-refractivity contribution is 5.65. The smallest absolute Gasteiger partial charge is 0.159 e. The molecule has 0 N–H and O–H groups in total. The highest BCUT2D eigenvalue weighted by Gasteiger charge is 2.21. The summed E-state index contributed by atoms with van der Waals surface area (Å²) in [5, 5.41) is 4.99. The van der Waals surface area contributed by atoms with Crippen molar-refractivity contribution < 1.29 is 0 Å². The lowest BCUT2D eigenvalue weighted by Crippen LogP contribution is -2.19. The maximum Gasteiger partial charge on any atom is 0.159 e. The van der Waals surface area contributed by atoms with Gasteiger partial charge >= 0.3 is 0 Å². The van der Waals surface area contributed by atoms with Gasteiger partial charge in [-0.3, -0.25) is 4.98 Å². The Morgan fingerprint density at radius 3 is 2.37 bits per heavy atom. The minimum absolute atomic E-state index is 0.484. The van der Waals surface area contributed by atoms with Crippen molar-refractivity contribution >= 4 is 11.5 Å². The molecular formula is C29H36N6. The van der Waals surface area contributed by atoms with E-state index in [1.807, 2.05) is 4.52 Å². The van der Waals surface area contributed by atoms with Crippen molar-refractivity contribution in [3.8, 4) is 23.2 Å². The number of anilines is 1. The molecule has 0 radical (unpaired) electrons. The first-order chi connectivity index (χ1) is 17.1. The fourth-order valence-corrected chi connectivity index (χ4v) is 5.86. The summed E-state index contributed by atoms with van der Waals surface area (Å²) in [6.45, 7) is 6.54. The minimum Gasteiger partial charge on any atom is -0.356 e. The van der Waals surface area contributed by atoms with E-state index < -0.39 is 0 Å². The van der Waals surface area contributed by atoms with Gasteiger partial charge in [0.05, 0.1) is 17.1 Å². The summed E-state index contributed by atoms with van der Waals surface area (Å²) in [5.74, 6) is 9.45. The van der Waals surface area contributed by atoms with Gasteiger partial charge in [0.15, 0.2) is 5.65 Å². The van der Waals surface area contributed by atoms with Crippen LogP contribution in [0.25, 0.3) is 17.0 Å². The van der Waals surface area contributed by atoms with Gasteiger partial charge in [0.1, 0.15) is 22.9 Å². The average Bonchev–Trinajstić information content (AvgIpc) is 3.49. The summed E-state index contributed by atoms with van der Waals surface area (Å²) in [6.07, 6.45) is 13.1. The molecule has 6 rings (SSSR count). The van der Waals surface area contributed by atoms with Crippen LogP contribution in [-0.4, -0.2) is 37.7 Å². The number of aryl methyl sites for hydroxylation is 3. The number of fused-ring (bicyclic) bond motifs is 2. The van der Waals surface area contributed by atoms with E-state index in [0.29, 0.717) is 5.92 Å². The predicted molar refractivity (Wildman–Crippen MR) is 139 cm³/mol. The molecule has 1 saturated carbocycles. The number of rotatable bonds is 2. The molecule has 0 spiro atoms. The molecule has 0 atom stereocenters. The summed E-state index contributed by atoms with van der Waals surface area (Å²) in [7, 11) is 0. The zero-order valence-corrected chi connectivity index (χ0v) is 21.2. The molecule has 2 fully saturated rings. The lowest BCUT2D eigenvalue weighted by Gasteiger charge is -2.22. The summed E-state index contributed by atoms with van der Waals surface area (Å²) in [4.78, 5) is 17.4. The third-order valence-electron chi connectivity index (χ3n) is 8.06. The van der Waals surface area contributed by atoms with Gasteiger partial charge in [0, 0.05) is 31.1 Å². The molecule has 3 aliphatic rings. The summed E-state index contributed by atoms with van der Waals surface area (Å²) in [5.41, 5.74) is 6.80. The summed E-state index contributed by atoms with van der Waals surface area (Å²) >= 11 is 0. The Morgan fingerprint density at radius 1 is 0.857 bits per heavy atom. The van der Waals surface area contributed by atoms with E-state index in [2.05, 4.69) is 42.7 Å². The van der Waals surface area contributed by atoms with Crippen molar-refractivity contribution in [1.82, 2.24) is 24.6 Å². The van der Waals surface area contributed by atoms with Crippen molar-refractivity contribution in [2.24, 2.45) is 11.8 Å². The van der Waals surface area contributed by atoms with Crippen LogP contribution in [-0.2, 0) is 12.8 Å². The van der Waals surface area contributed by atoms with E-state index in [9.17, 15) is 0 Å². The van der Waals surface area contributed by atoms with Crippen LogP contribution in [0.15, 0.2) is 12.1 Å². The van der Waals surface area contributed by atoms with E-state index in [1.165, 1.54) is 63.5 Å². The SMILES string of the molecule is Cc1nc2c(nc1-c1cc3nc(N4CCCC4)cc(C#CC4CCC(C)CC4)n3n1)CCCCC2. The topological polar surface area (TPSA) is 59.2 Å². The Bertz CT molecular complexity index is 1280. The van der Waals surface area contributed by atoms with Gasteiger partial charge in [-0.25, -0.2) is 14.5 Å². The van der Waals surface area contributed by atoms with Gasteiger partial charge in [0.2, 0.25) is 0 Å². The molecule has 35 heavy (non-hydrogen) atoms. The zero-order valence-electron chi connectivity index (χ0n) is 21.2. The van der Waals surface area contributed by atoms with E-state index in [-0.39, 0.29) is 0 Å². The van der Waals surface area contributed by atoms with Gasteiger partial charge in [0.25, 0.3) is 0 Å². The predicted octanol–water partition coefficient (Wildman–Crippen LogP) is 5.54. The van der Waals surface area contributed by atoms with Gasteiger partial charge in [-0.05, 0) is 83.0 Å². The Labute approximate surface area is 208 Å². The van der Waals surface area contributed by atoms with Gasteiger partial charge < -0.3 is 4.90 Å². The van der Waals surface area contributed by atoms with Crippen molar-refractivity contribution in [1.29, 1.82) is 0 Å². The third-order valence-corrected chi connectivity index (χ3v) is 8.06. The second-order valence-electron chi connectivity index (χ2n) is 10.8. The van der Waals surface area contributed by atoms with Gasteiger partial charge in [-0.15, -0.1) is 0 Å². The molecular weight excluding hydrogens is 432 g/mol. The van der Waals surface area contributed by atoms with Gasteiger partial charge in [-0.1, -0.05) is 19.3 Å². The molecule has 6 heteroatoms. The standard InChI is InChI=1S/C29H36N6/c1-20-10-12-22(13-11-20)14-15-23-18-27(34-16-6-7-17-34)32-28-19-26(33-35(23)28)29-21(2)30-24-8-4-3-5-9-25(24)31-29/h18-20,22H,3-13,16-17H2,1-2H3. The number of hydrogen-bond acceptors (Lipinski definition) is 5. The molecule has 0 amide bonds. The highest BCUT2D eigenvalue weighted by Crippen LogP contribution is 2.29. The first kappa shape index (κ1) is 22.5. The Kier molecular flexibility index (Phi) is 6.18. The number of nitrogens with zero attached hydrogens (tertiary/aromatic N) is 6. The van der Waals surface area contributed by atoms with Gasteiger partial charge in [-0.2, -0.15) is 5.10 Å². The number of aromatic nitrogens is 5. The van der Waals surface area contributed by atoms with E-state index in [1.54, 1.807) is 0 Å². The van der Waals surface area contributed by atoms with Crippen LogP contribution >= 0.6 is 0 Å². The Morgan fingerprint density at radius 2 is 1.60 bits per heavy atom.